The molecule has 0 heterocycles. The summed E-state index contributed by atoms with van der Waals surface area (Å²) in [6.45, 7) is 6.16. The number of benzene rings is 1. The van der Waals surface area contributed by atoms with Crippen molar-refractivity contribution < 1.29 is 4.92 Å². The average molecular weight is 299 g/mol. The van der Waals surface area contributed by atoms with E-state index in [1.54, 1.807) is 6.07 Å². The van der Waals surface area contributed by atoms with Crippen LogP contribution in [-0.2, 0) is 6.54 Å². The van der Waals surface area contributed by atoms with Gasteiger partial charge in [-0.1, -0.05) is 22.0 Å². The third-order valence-electron chi connectivity index (χ3n) is 2.41. The van der Waals surface area contributed by atoms with E-state index in [0.29, 0.717) is 16.6 Å². The molecule has 1 N–H and O–H groups in total. The molecule has 4 nitrogen and oxygen atoms in total. The largest absolute Gasteiger partial charge is 0.310 e. The molecule has 0 amide bonds. The number of nitrogens with zero attached hydrogens (tertiary/aromatic N) is 1. The molecule has 0 aliphatic rings. The van der Waals surface area contributed by atoms with Gasteiger partial charge < -0.3 is 5.32 Å². The van der Waals surface area contributed by atoms with Crippen molar-refractivity contribution in [2.45, 2.75) is 25.9 Å². The first kappa shape index (κ1) is 13.9. The summed E-state index contributed by atoms with van der Waals surface area (Å²) in [5.41, 5.74) is 0.826. The molecule has 0 saturated heterocycles. The van der Waals surface area contributed by atoms with Gasteiger partial charge in [0.25, 0.3) is 5.69 Å². The topological polar surface area (TPSA) is 55.2 Å². The molecule has 5 heteroatoms. The predicted molar refractivity (Wildman–Crippen MR) is 71.9 cm³/mol. The number of nitro benzene ring substituents is 1. The highest BCUT2D eigenvalue weighted by Gasteiger charge is 2.14. The lowest BCUT2D eigenvalue weighted by Gasteiger charge is -2.11. The van der Waals surface area contributed by atoms with Crippen LogP contribution in [0.1, 0.15) is 18.9 Å². The highest BCUT2D eigenvalue weighted by atomic mass is 79.9. The molecule has 0 spiro atoms. The quantitative estimate of drug-likeness (QED) is 0.497. The Morgan fingerprint density at radius 1 is 1.65 bits per heavy atom. The summed E-state index contributed by atoms with van der Waals surface area (Å²) in [6, 6.07) is 5.35. The molecule has 1 aromatic carbocycles. The third kappa shape index (κ3) is 4.28. The van der Waals surface area contributed by atoms with E-state index in [2.05, 4.69) is 27.8 Å². The van der Waals surface area contributed by atoms with Crippen molar-refractivity contribution in [3.05, 3.63) is 51.0 Å². The van der Waals surface area contributed by atoms with E-state index < -0.39 is 0 Å². The molecule has 1 atom stereocenters. The molecular formula is C12H15BrN2O2. The van der Waals surface area contributed by atoms with Crippen LogP contribution in [0.2, 0.25) is 0 Å². The van der Waals surface area contributed by atoms with Crippen LogP contribution in [0.5, 0.6) is 0 Å². The fourth-order valence-corrected chi connectivity index (χ4v) is 1.82. The Balaban J connectivity index is 2.76. The number of hydrogen-bond acceptors (Lipinski definition) is 3. The maximum absolute atomic E-state index is 10.9. The van der Waals surface area contributed by atoms with Crippen molar-refractivity contribution in [3.8, 4) is 0 Å². The van der Waals surface area contributed by atoms with E-state index in [9.17, 15) is 10.1 Å². The van der Waals surface area contributed by atoms with Crippen LogP contribution in [0.15, 0.2) is 35.3 Å². The minimum atomic E-state index is -0.361. The predicted octanol–water partition coefficient (Wildman–Crippen LogP) is 3.41. The van der Waals surface area contributed by atoms with Gasteiger partial charge in [-0.05, 0) is 25.5 Å². The molecule has 1 rings (SSSR count). The highest BCUT2D eigenvalue weighted by Crippen LogP contribution is 2.23. The Morgan fingerprint density at radius 2 is 2.35 bits per heavy atom. The molecule has 1 unspecified atom stereocenters. The number of nitro groups is 1. The Bertz CT molecular complexity index is 421. The smallest absolute Gasteiger partial charge is 0.275 e. The molecule has 1 aromatic rings. The maximum atomic E-state index is 10.9. The minimum absolute atomic E-state index is 0.137. The van der Waals surface area contributed by atoms with E-state index in [1.807, 2.05) is 19.1 Å². The normalized spacial score (nSPS) is 12.1. The summed E-state index contributed by atoms with van der Waals surface area (Å²) >= 11 is 3.23. The number of nitrogens with one attached hydrogen (secondary N) is 1. The molecule has 92 valence electrons. The molecule has 0 radical (unpaired) electrons. The van der Waals surface area contributed by atoms with Gasteiger partial charge in [-0.3, -0.25) is 10.1 Å². The van der Waals surface area contributed by atoms with Gasteiger partial charge >= 0.3 is 0 Å². The molecule has 0 bridgehead atoms. The summed E-state index contributed by atoms with van der Waals surface area (Å²) in [6.07, 6.45) is 2.66. The van der Waals surface area contributed by atoms with Crippen molar-refractivity contribution in [2.24, 2.45) is 0 Å². The van der Waals surface area contributed by atoms with Gasteiger partial charge in [0, 0.05) is 28.7 Å². The lowest BCUT2D eigenvalue weighted by Crippen LogP contribution is -2.25. The lowest BCUT2D eigenvalue weighted by molar-refractivity contribution is -0.385. The van der Waals surface area contributed by atoms with Crippen LogP contribution >= 0.6 is 15.9 Å². The fraction of sp³-hybridized carbons (Fsp3) is 0.333. The summed E-state index contributed by atoms with van der Waals surface area (Å²) in [7, 11) is 0. The molecule has 17 heavy (non-hydrogen) atoms. The van der Waals surface area contributed by atoms with Crippen molar-refractivity contribution in [1.29, 1.82) is 0 Å². The summed E-state index contributed by atoms with van der Waals surface area (Å²) in [4.78, 5) is 10.5. The second-order valence-corrected chi connectivity index (χ2v) is 4.75. The Kier molecular flexibility index (Phi) is 5.31. The SMILES string of the molecule is C=CCC(C)NCc1ccc(Br)cc1[N+](=O)[O-]. The number of hydrogen-bond donors (Lipinski definition) is 1. The van der Waals surface area contributed by atoms with Crippen LogP contribution in [0.3, 0.4) is 0 Å². The van der Waals surface area contributed by atoms with E-state index in [1.165, 1.54) is 6.07 Å². The van der Waals surface area contributed by atoms with E-state index in [0.717, 1.165) is 6.42 Å². The van der Waals surface area contributed by atoms with E-state index in [-0.39, 0.29) is 16.7 Å². The summed E-state index contributed by atoms with van der Waals surface area (Å²) in [5.74, 6) is 0. The Hall–Kier alpha value is -1.20. The zero-order valence-electron chi connectivity index (χ0n) is 9.65. The second-order valence-electron chi connectivity index (χ2n) is 3.84. The van der Waals surface area contributed by atoms with Crippen molar-refractivity contribution in [2.75, 3.05) is 0 Å². The molecule has 0 aliphatic heterocycles. The molecule has 0 aromatic heterocycles. The fourth-order valence-electron chi connectivity index (χ4n) is 1.47. The first-order valence-corrected chi connectivity index (χ1v) is 6.11. The average Bonchev–Trinajstić information content (AvgIpc) is 2.27. The van der Waals surface area contributed by atoms with Crippen molar-refractivity contribution in [3.63, 3.8) is 0 Å². The second kappa shape index (κ2) is 6.51. The van der Waals surface area contributed by atoms with Crippen LogP contribution < -0.4 is 5.32 Å². The van der Waals surface area contributed by atoms with Crippen molar-refractivity contribution >= 4 is 21.6 Å². The molecule has 0 saturated carbocycles. The van der Waals surface area contributed by atoms with E-state index >= 15 is 0 Å². The van der Waals surface area contributed by atoms with Gasteiger partial charge in [-0.25, -0.2) is 0 Å². The van der Waals surface area contributed by atoms with Crippen LogP contribution in [0.4, 0.5) is 5.69 Å². The van der Waals surface area contributed by atoms with Gasteiger partial charge in [0.05, 0.1) is 4.92 Å². The lowest BCUT2D eigenvalue weighted by atomic mass is 10.1. The Morgan fingerprint density at radius 3 is 2.94 bits per heavy atom. The molecular weight excluding hydrogens is 284 g/mol. The van der Waals surface area contributed by atoms with Gasteiger partial charge in [0.15, 0.2) is 0 Å². The summed E-state index contributed by atoms with van der Waals surface area (Å²) in [5, 5.41) is 14.1. The monoisotopic (exact) mass is 298 g/mol. The molecule has 0 fully saturated rings. The van der Waals surface area contributed by atoms with E-state index in [4.69, 9.17) is 0 Å². The summed E-state index contributed by atoms with van der Waals surface area (Å²) < 4.78 is 0.715. The first-order valence-electron chi connectivity index (χ1n) is 5.31. The van der Waals surface area contributed by atoms with Gasteiger partial charge in [-0.2, -0.15) is 0 Å². The van der Waals surface area contributed by atoms with Crippen molar-refractivity contribution in [1.82, 2.24) is 5.32 Å². The van der Waals surface area contributed by atoms with Crippen LogP contribution in [0.25, 0.3) is 0 Å². The Labute approximate surface area is 109 Å². The maximum Gasteiger partial charge on any atom is 0.275 e. The van der Waals surface area contributed by atoms with Crippen LogP contribution in [-0.4, -0.2) is 11.0 Å². The van der Waals surface area contributed by atoms with Crippen LogP contribution in [0, 0.1) is 10.1 Å². The van der Waals surface area contributed by atoms with Gasteiger partial charge in [0.1, 0.15) is 0 Å². The zero-order chi connectivity index (χ0) is 12.8. The highest BCUT2D eigenvalue weighted by molar-refractivity contribution is 9.10. The first-order chi connectivity index (χ1) is 8.04. The molecule has 0 aliphatic carbocycles. The zero-order valence-corrected chi connectivity index (χ0v) is 11.2. The number of rotatable bonds is 6. The number of halogens is 1. The van der Waals surface area contributed by atoms with Gasteiger partial charge in [-0.15, -0.1) is 6.58 Å². The minimum Gasteiger partial charge on any atom is -0.310 e. The van der Waals surface area contributed by atoms with Gasteiger partial charge in [0.2, 0.25) is 0 Å². The standard InChI is InChI=1S/C12H15BrN2O2/c1-3-4-9(2)14-8-10-5-6-11(13)7-12(10)15(16)17/h3,5-7,9,14H,1,4,8H2,2H3. The third-order valence-corrected chi connectivity index (χ3v) is 2.90.